The Labute approximate surface area is 61.3 Å². The third kappa shape index (κ3) is 26.3. The number of hydrogen-bond donors (Lipinski definition) is 1. The maximum Gasteiger partial charge on any atom is 0.214 e. The first-order valence-corrected chi connectivity index (χ1v) is 2.86. The zero-order valence-electron chi connectivity index (χ0n) is 6.88. The molecule has 10 heavy (non-hydrogen) atoms. The molecule has 0 spiro atoms. The van der Waals surface area contributed by atoms with Crippen molar-refractivity contribution in [1.29, 1.82) is 0 Å². The predicted octanol–water partition coefficient (Wildman–Crippen LogP) is 0.117. The van der Waals surface area contributed by atoms with Crippen LogP contribution in [0, 0.1) is 0 Å². The molecular formula is C6H15NO3. The van der Waals surface area contributed by atoms with Crippen molar-refractivity contribution in [3.63, 3.8) is 0 Å². The summed E-state index contributed by atoms with van der Waals surface area (Å²) in [4.78, 5) is 9.22. The van der Waals surface area contributed by atoms with Gasteiger partial charge in [0, 0.05) is 21.1 Å². The van der Waals surface area contributed by atoms with E-state index in [-0.39, 0.29) is 12.2 Å². The van der Waals surface area contributed by atoms with Gasteiger partial charge in [-0.05, 0) is 6.92 Å². The van der Waals surface area contributed by atoms with Crippen LogP contribution in [0.2, 0.25) is 0 Å². The van der Waals surface area contributed by atoms with E-state index in [1.165, 1.54) is 6.92 Å². The normalized spacial score (nSPS) is 8.50. The first-order valence-electron chi connectivity index (χ1n) is 2.86. The minimum Gasteiger partial charge on any atom is -0.370 e. The SMILES string of the molecule is CC(N)=O.COC(C)OC. The number of amides is 1. The molecule has 0 aliphatic heterocycles. The molecule has 62 valence electrons. The van der Waals surface area contributed by atoms with Crippen molar-refractivity contribution in [3.8, 4) is 0 Å². The molecule has 0 radical (unpaired) electrons. The van der Waals surface area contributed by atoms with Crippen LogP contribution in [0.4, 0.5) is 0 Å². The lowest BCUT2D eigenvalue weighted by molar-refractivity contribution is -0.115. The van der Waals surface area contributed by atoms with Gasteiger partial charge in [0.1, 0.15) is 0 Å². The molecule has 0 aliphatic carbocycles. The zero-order chi connectivity index (χ0) is 8.57. The first kappa shape index (κ1) is 12.1. The molecule has 0 saturated heterocycles. The molecule has 0 heterocycles. The lowest BCUT2D eigenvalue weighted by Crippen LogP contribution is -2.05. The van der Waals surface area contributed by atoms with Crippen molar-refractivity contribution in [2.75, 3.05) is 14.2 Å². The number of rotatable bonds is 2. The summed E-state index contributed by atoms with van der Waals surface area (Å²) in [6.07, 6.45) is -0.0648. The number of hydrogen-bond acceptors (Lipinski definition) is 3. The number of carbonyl (C=O) groups is 1. The number of primary amides is 1. The van der Waals surface area contributed by atoms with Gasteiger partial charge in [0.15, 0.2) is 6.29 Å². The van der Waals surface area contributed by atoms with E-state index >= 15 is 0 Å². The fraction of sp³-hybridized carbons (Fsp3) is 0.833. The highest BCUT2D eigenvalue weighted by Crippen LogP contribution is 1.82. The van der Waals surface area contributed by atoms with Crippen LogP contribution in [-0.2, 0) is 14.3 Å². The Bertz CT molecular complexity index is 77.1. The van der Waals surface area contributed by atoms with Gasteiger partial charge < -0.3 is 15.2 Å². The molecule has 0 saturated carbocycles. The number of carbonyl (C=O) groups excluding carboxylic acids is 1. The van der Waals surface area contributed by atoms with E-state index in [0.29, 0.717) is 0 Å². The molecule has 0 aromatic carbocycles. The summed E-state index contributed by atoms with van der Waals surface area (Å²) >= 11 is 0. The van der Waals surface area contributed by atoms with Crippen LogP contribution in [0.1, 0.15) is 13.8 Å². The maximum absolute atomic E-state index is 9.22. The van der Waals surface area contributed by atoms with E-state index < -0.39 is 0 Å². The number of ether oxygens (including phenoxy) is 2. The minimum atomic E-state index is -0.333. The van der Waals surface area contributed by atoms with Gasteiger partial charge in [-0.15, -0.1) is 0 Å². The summed E-state index contributed by atoms with van der Waals surface area (Å²) in [6, 6.07) is 0. The highest BCUT2D eigenvalue weighted by atomic mass is 16.7. The Morgan fingerprint density at radius 1 is 1.40 bits per heavy atom. The van der Waals surface area contributed by atoms with E-state index in [1.54, 1.807) is 14.2 Å². The fourth-order valence-electron chi connectivity index (χ4n) is 0.0962. The van der Waals surface area contributed by atoms with Crippen molar-refractivity contribution >= 4 is 5.91 Å². The van der Waals surface area contributed by atoms with E-state index in [9.17, 15) is 4.79 Å². The highest BCUT2D eigenvalue weighted by molar-refractivity contribution is 5.70. The van der Waals surface area contributed by atoms with Crippen LogP contribution in [0.15, 0.2) is 0 Å². The van der Waals surface area contributed by atoms with E-state index in [0.717, 1.165) is 0 Å². The monoisotopic (exact) mass is 149 g/mol. The van der Waals surface area contributed by atoms with Gasteiger partial charge in [-0.25, -0.2) is 0 Å². The Morgan fingerprint density at radius 3 is 1.60 bits per heavy atom. The van der Waals surface area contributed by atoms with Crippen LogP contribution in [0.5, 0.6) is 0 Å². The molecule has 0 rings (SSSR count). The molecule has 0 unspecified atom stereocenters. The average Bonchev–Trinajstić information content (AvgIpc) is 1.85. The molecule has 0 bridgehead atoms. The molecular weight excluding hydrogens is 134 g/mol. The van der Waals surface area contributed by atoms with Gasteiger partial charge in [0.2, 0.25) is 5.91 Å². The molecule has 2 N–H and O–H groups in total. The average molecular weight is 149 g/mol. The predicted molar refractivity (Wildman–Crippen MR) is 38.3 cm³/mol. The summed E-state index contributed by atoms with van der Waals surface area (Å²) in [6.45, 7) is 3.14. The second kappa shape index (κ2) is 8.39. The van der Waals surface area contributed by atoms with Gasteiger partial charge >= 0.3 is 0 Å². The largest absolute Gasteiger partial charge is 0.370 e. The van der Waals surface area contributed by atoms with Crippen molar-refractivity contribution in [2.45, 2.75) is 20.1 Å². The van der Waals surface area contributed by atoms with E-state index in [4.69, 9.17) is 0 Å². The van der Waals surface area contributed by atoms with Crippen molar-refractivity contribution in [2.24, 2.45) is 5.73 Å². The molecule has 0 aromatic rings. The van der Waals surface area contributed by atoms with Gasteiger partial charge in [0.25, 0.3) is 0 Å². The van der Waals surface area contributed by atoms with Crippen molar-refractivity contribution in [3.05, 3.63) is 0 Å². The second-order valence-corrected chi connectivity index (χ2v) is 1.65. The van der Waals surface area contributed by atoms with Gasteiger partial charge in [-0.2, -0.15) is 0 Å². The molecule has 0 aliphatic rings. The summed E-state index contributed by atoms with van der Waals surface area (Å²) in [7, 11) is 3.21. The quantitative estimate of drug-likeness (QED) is 0.567. The molecule has 0 atom stereocenters. The minimum absolute atomic E-state index is 0.0648. The lowest BCUT2D eigenvalue weighted by atomic mass is 10.8. The zero-order valence-corrected chi connectivity index (χ0v) is 6.88. The Balaban J connectivity index is 0. The topological polar surface area (TPSA) is 61.6 Å². The molecule has 4 heteroatoms. The number of nitrogens with two attached hydrogens (primary N) is 1. The van der Waals surface area contributed by atoms with Gasteiger partial charge in [0.05, 0.1) is 0 Å². The third-order valence-electron chi connectivity index (χ3n) is 0.664. The van der Waals surface area contributed by atoms with Gasteiger partial charge in [-0.3, -0.25) is 4.79 Å². The summed E-state index contributed by atoms with van der Waals surface area (Å²) in [5.74, 6) is -0.333. The molecule has 0 fully saturated rings. The second-order valence-electron chi connectivity index (χ2n) is 1.65. The van der Waals surface area contributed by atoms with Crippen LogP contribution >= 0.6 is 0 Å². The lowest BCUT2D eigenvalue weighted by Gasteiger charge is -2.03. The van der Waals surface area contributed by atoms with Crippen LogP contribution < -0.4 is 5.73 Å². The smallest absolute Gasteiger partial charge is 0.214 e. The highest BCUT2D eigenvalue weighted by Gasteiger charge is 1.87. The first-order chi connectivity index (χ1) is 4.54. The van der Waals surface area contributed by atoms with E-state index in [2.05, 4.69) is 15.2 Å². The van der Waals surface area contributed by atoms with Gasteiger partial charge in [-0.1, -0.05) is 0 Å². The van der Waals surface area contributed by atoms with Crippen molar-refractivity contribution in [1.82, 2.24) is 0 Å². The van der Waals surface area contributed by atoms with E-state index in [1.807, 2.05) is 6.92 Å². The Kier molecular flexibility index (Phi) is 10.2. The summed E-state index contributed by atoms with van der Waals surface area (Å²) in [5.41, 5.74) is 4.47. The summed E-state index contributed by atoms with van der Waals surface area (Å²) in [5, 5.41) is 0. The van der Waals surface area contributed by atoms with Crippen LogP contribution in [0.25, 0.3) is 0 Å². The standard InChI is InChI=1S/C4H10O2.C2H5NO/c1-4(5-2)6-3;1-2(3)4/h4H,1-3H3;1H3,(H2,3,4). The maximum atomic E-state index is 9.22. The third-order valence-corrected chi connectivity index (χ3v) is 0.664. The van der Waals surface area contributed by atoms with Crippen LogP contribution in [0.3, 0.4) is 0 Å². The molecule has 1 amide bonds. The Hall–Kier alpha value is -0.610. The Morgan fingerprint density at radius 2 is 1.60 bits per heavy atom. The fourth-order valence-corrected chi connectivity index (χ4v) is 0.0962. The molecule has 4 nitrogen and oxygen atoms in total. The van der Waals surface area contributed by atoms with Crippen molar-refractivity contribution < 1.29 is 14.3 Å². The summed E-state index contributed by atoms with van der Waals surface area (Å²) < 4.78 is 9.35. The molecule has 0 aromatic heterocycles. The van der Waals surface area contributed by atoms with Crippen LogP contribution in [-0.4, -0.2) is 26.4 Å². The number of methoxy groups -OCH3 is 2.